The third kappa shape index (κ3) is 3.95. The molecule has 2 atom stereocenters. The zero-order valence-electron chi connectivity index (χ0n) is 14.0. The van der Waals surface area contributed by atoms with Gasteiger partial charge >= 0.3 is 0 Å². The number of amides is 1. The third-order valence-electron chi connectivity index (χ3n) is 4.32. The number of thiophene rings is 1. The number of carbonyl (C=O) groups is 1. The number of nitrogens with one attached hydrogen (secondary N) is 1. The van der Waals surface area contributed by atoms with Crippen LogP contribution in [-0.4, -0.2) is 37.3 Å². The Morgan fingerprint density at radius 3 is 2.61 bits per heavy atom. The van der Waals surface area contributed by atoms with E-state index < -0.39 is 10.0 Å². The fraction of sp³-hybridized carbons (Fsp3) is 0.688. The summed E-state index contributed by atoms with van der Waals surface area (Å²) in [6, 6.07) is 1.50. The van der Waals surface area contributed by atoms with Crippen LogP contribution in [0.2, 0.25) is 0 Å². The topological polar surface area (TPSA) is 66.5 Å². The van der Waals surface area contributed by atoms with Gasteiger partial charge in [0.15, 0.2) is 0 Å². The van der Waals surface area contributed by atoms with Crippen LogP contribution in [0.4, 0.5) is 0 Å². The Balaban J connectivity index is 2.27. The van der Waals surface area contributed by atoms with Crippen LogP contribution in [-0.2, 0) is 10.0 Å². The standard InChI is InChI=1S/C16H26N2O3S2/c1-4-5-10-17-16(19)15-14(9-11-22-15)23(20,21)18-12(2)7-6-8-13(18)3/h9,11-13H,4-8,10H2,1-3H3,(H,17,19)/t12-,13+. The van der Waals surface area contributed by atoms with Gasteiger partial charge in [-0.25, -0.2) is 8.42 Å². The van der Waals surface area contributed by atoms with Crippen molar-refractivity contribution in [1.29, 1.82) is 0 Å². The minimum atomic E-state index is -3.64. The van der Waals surface area contributed by atoms with Crippen molar-refractivity contribution in [2.24, 2.45) is 0 Å². The minimum Gasteiger partial charge on any atom is -0.351 e. The highest BCUT2D eigenvalue weighted by atomic mass is 32.2. The molecule has 1 fully saturated rings. The highest BCUT2D eigenvalue weighted by Gasteiger charge is 2.38. The summed E-state index contributed by atoms with van der Waals surface area (Å²) in [5, 5.41) is 4.49. The van der Waals surface area contributed by atoms with Crippen molar-refractivity contribution in [3.8, 4) is 0 Å². The average molecular weight is 359 g/mol. The summed E-state index contributed by atoms with van der Waals surface area (Å²) in [5.41, 5.74) is 0. The molecule has 7 heteroatoms. The van der Waals surface area contributed by atoms with Crippen LogP contribution in [0.3, 0.4) is 0 Å². The fourth-order valence-electron chi connectivity index (χ4n) is 3.11. The van der Waals surface area contributed by atoms with E-state index in [1.165, 1.54) is 11.3 Å². The Hall–Kier alpha value is -0.920. The summed E-state index contributed by atoms with van der Waals surface area (Å²) in [6.07, 6.45) is 4.65. The van der Waals surface area contributed by atoms with Crippen molar-refractivity contribution < 1.29 is 13.2 Å². The van der Waals surface area contributed by atoms with Crippen LogP contribution in [0.1, 0.15) is 62.5 Å². The van der Waals surface area contributed by atoms with Crippen LogP contribution < -0.4 is 5.32 Å². The smallest absolute Gasteiger partial charge is 0.262 e. The van der Waals surface area contributed by atoms with E-state index in [9.17, 15) is 13.2 Å². The maximum absolute atomic E-state index is 13.1. The Morgan fingerprint density at radius 1 is 1.35 bits per heavy atom. The molecule has 23 heavy (non-hydrogen) atoms. The van der Waals surface area contributed by atoms with Gasteiger partial charge in [-0.3, -0.25) is 4.79 Å². The molecule has 1 aromatic heterocycles. The molecule has 1 aliphatic rings. The maximum atomic E-state index is 13.1. The van der Waals surface area contributed by atoms with Crippen molar-refractivity contribution >= 4 is 27.3 Å². The molecular formula is C16H26N2O3S2. The summed E-state index contributed by atoms with van der Waals surface area (Å²) in [6.45, 7) is 6.51. The van der Waals surface area contributed by atoms with E-state index in [0.717, 1.165) is 32.1 Å². The van der Waals surface area contributed by atoms with Crippen molar-refractivity contribution in [3.63, 3.8) is 0 Å². The van der Waals surface area contributed by atoms with Crippen LogP contribution in [0.25, 0.3) is 0 Å². The molecular weight excluding hydrogens is 332 g/mol. The Labute approximate surface area is 143 Å². The van der Waals surface area contributed by atoms with Crippen LogP contribution in [0, 0.1) is 0 Å². The van der Waals surface area contributed by atoms with Gasteiger partial charge in [0.1, 0.15) is 9.77 Å². The van der Waals surface area contributed by atoms with Gasteiger partial charge < -0.3 is 5.32 Å². The normalized spacial score (nSPS) is 22.9. The molecule has 2 heterocycles. The zero-order chi connectivity index (χ0) is 17.0. The lowest BCUT2D eigenvalue weighted by Gasteiger charge is -2.37. The highest BCUT2D eigenvalue weighted by Crippen LogP contribution is 2.32. The molecule has 0 unspecified atom stereocenters. The van der Waals surface area contributed by atoms with Crippen LogP contribution in [0.15, 0.2) is 16.3 Å². The number of hydrogen-bond donors (Lipinski definition) is 1. The molecule has 1 aromatic rings. The first-order chi connectivity index (χ1) is 10.9. The van der Waals surface area contributed by atoms with E-state index in [1.54, 1.807) is 15.8 Å². The molecule has 0 bridgehead atoms. The first kappa shape index (κ1) is 18.4. The number of nitrogens with zero attached hydrogens (tertiary/aromatic N) is 1. The van der Waals surface area contributed by atoms with E-state index >= 15 is 0 Å². The molecule has 5 nitrogen and oxygen atoms in total. The molecule has 0 saturated carbocycles. The number of unbranched alkanes of at least 4 members (excludes halogenated alkanes) is 1. The van der Waals surface area contributed by atoms with Crippen molar-refractivity contribution in [2.45, 2.75) is 69.9 Å². The van der Waals surface area contributed by atoms with Gasteiger partial charge in [-0.2, -0.15) is 4.31 Å². The first-order valence-corrected chi connectivity index (χ1v) is 10.6. The first-order valence-electron chi connectivity index (χ1n) is 8.28. The molecule has 130 valence electrons. The lowest BCUT2D eigenvalue weighted by atomic mass is 10.0. The Morgan fingerprint density at radius 2 is 2.00 bits per heavy atom. The number of rotatable bonds is 6. The van der Waals surface area contributed by atoms with E-state index in [0.29, 0.717) is 11.4 Å². The van der Waals surface area contributed by atoms with E-state index in [2.05, 4.69) is 5.32 Å². The maximum Gasteiger partial charge on any atom is 0.262 e. The zero-order valence-corrected chi connectivity index (χ0v) is 15.7. The fourth-order valence-corrected chi connectivity index (χ4v) is 6.31. The predicted octanol–water partition coefficient (Wildman–Crippen LogP) is 3.23. The molecule has 1 amide bonds. The summed E-state index contributed by atoms with van der Waals surface area (Å²) < 4.78 is 27.7. The molecule has 2 rings (SSSR count). The number of carbonyl (C=O) groups excluding carboxylic acids is 1. The molecule has 1 aliphatic heterocycles. The van der Waals surface area contributed by atoms with Crippen LogP contribution in [0.5, 0.6) is 0 Å². The second-order valence-electron chi connectivity index (χ2n) is 6.19. The van der Waals surface area contributed by atoms with Crippen molar-refractivity contribution in [3.05, 3.63) is 16.3 Å². The van der Waals surface area contributed by atoms with E-state index in [-0.39, 0.29) is 22.9 Å². The molecule has 0 radical (unpaired) electrons. The second kappa shape index (κ2) is 7.77. The van der Waals surface area contributed by atoms with Gasteiger partial charge in [0.05, 0.1) is 0 Å². The van der Waals surface area contributed by atoms with Gasteiger partial charge in [-0.1, -0.05) is 19.8 Å². The number of hydrogen-bond acceptors (Lipinski definition) is 4. The summed E-state index contributed by atoms with van der Waals surface area (Å²) in [5.74, 6) is -0.288. The minimum absolute atomic E-state index is 0.0281. The second-order valence-corrected chi connectivity index (χ2v) is 8.92. The Kier molecular flexibility index (Phi) is 6.22. The molecule has 1 N–H and O–H groups in total. The lowest BCUT2D eigenvalue weighted by molar-refractivity contribution is 0.0953. The SMILES string of the molecule is CCCCNC(=O)c1sccc1S(=O)(=O)N1[C@H](C)CCC[C@@H]1C. The van der Waals surface area contributed by atoms with Gasteiger partial charge in [-0.05, 0) is 44.6 Å². The van der Waals surface area contributed by atoms with Gasteiger partial charge in [-0.15, -0.1) is 11.3 Å². The van der Waals surface area contributed by atoms with E-state index in [4.69, 9.17) is 0 Å². The molecule has 0 spiro atoms. The largest absolute Gasteiger partial charge is 0.351 e. The van der Waals surface area contributed by atoms with Gasteiger partial charge in [0, 0.05) is 18.6 Å². The van der Waals surface area contributed by atoms with Crippen LogP contribution >= 0.6 is 11.3 Å². The summed E-state index contributed by atoms with van der Waals surface area (Å²) in [4.78, 5) is 12.8. The van der Waals surface area contributed by atoms with Crippen molar-refractivity contribution in [2.75, 3.05) is 6.54 Å². The molecule has 0 aromatic carbocycles. The lowest BCUT2D eigenvalue weighted by Crippen LogP contribution is -2.47. The predicted molar refractivity (Wildman–Crippen MR) is 93.4 cm³/mol. The monoisotopic (exact) mass is 358 g/mol. The highest BCUT2D eigenvalue weighted by molar-refractivity contribution is 7.89. The third-order valence-corrected chi connectivity index (χ3v) is 7.53. The molecule has 0 aliphatic carbocycles. The Bertz CT molecular complexity index is 630. The van der Waals surface area contributed by atoms with Crippen molar-refractivity contribution in [1.82, 2.24) is 9.62 Å². The van der Waals surface area contributed by atoms with Gasteiger partial charge in [0.2, 0.25) is 10.0 Å². The van der Waals surface area contributed by atoms with E-state index in [1.807, 2.05) is 20.8 Å². The summed E-state index contributed by atoms with van der Waals surface area (Å²) in [7, 11) is -3.64. The molecule has 1 saturated heterocycles. The summed E-state index contributed by atoms with van der Waals surface area (Å²) >= 11 is 1.19. The van der Waals surface area contributed by atoms with Gasteiger partial charge in [0.25, 0.3) is 5.91 Å². The quantitative estimate of drug-likeness (QED) is 0.794. The average Bonchev–Trinajstić information content (AvgIpc) is 2.97. The number of sulfonamides is 1. The number of piperidine rings is 1.